The summed E-state index contributed by atoms with van der Waals surface area (Å²) in [5.41, 5.74) is 2.79. The largest absolute Gasteiger partial charge is 0.368 e. The predicted octanol–water partition coefficient (Wildman–Crippen LogP) is 3.77. The van der Waals surface area contributed by atoms with E-state index in [1.807, 2.05) is 28.6 Å². The SMILES string of the molecule is O=C(c1csc(-c2ccnc(N3CCCC3)c2)n1)N1CCN(c2ccccc2)CC1. The first-order valence-electron chi connectivity index (χ1n) is 10.5. The van der Waals surface area contributed by atoms with Crippen LogP contribution in [-0.4, -0.2) is 60.0 Å². The Morgan fingerprint density at radius 2 is 1.67 bits per heavy atom. The monoisotopic (exact) mass is 419 g/mol. The number of carbonyl (C=O) groups is 1. The lowest BCUT2D eigenvalue weighted by atomic mass is 10.2. The lowest BCUT2D eigenvalue weighted by Gasteiger charge is -2.35. The third-order valence-corrected chi connectivity index (χ3v) is 6.73. The maximum Gasteiger partial charge on any atom is 0.273 e. The smallest absolute Gasteiger partial charge is 0.273 e. The molecule has 1 aromatic carbocycles. The Balaban J connectivity index is 1.26. The molecule has 2 aromatic heterocycles. The number of rotatable bonds is 4. The maximum atomic E-state index is 13.0. The first kappa shape index (κ1) is 19.1. The van der Waals surface area contributed by atoms with Crippen molar-refractivity contribution < 1.29 is 4.79 Å². The number of piperazine rings is 1. The topological polar surface area (TPSA) is 52.6 Å². The van der Waals surface area contributed by atoms with Gasteiger partial charge in [0.1, 0.15) is 16.5 Å². The van der Waals surface area contributed by atoms with Crippen molar-refractivity contribution in [2.24, 2.45) is 0 Å². The van der Waals surface area contributed by atoms with Gasteiger partial charge in [0.05, 0.1) is 0 Å². The van der Waals surface area contributed by atoms with E-state index in [-0.39, 0.29) is 5.91 Å². The van der Waals surface area contributed by atoms with E-state index in [9.17, 15) is 4.79 Å². The van der Waals surface area contributed by atoms with Crippen molar-refractivity contribution in [3.05, 3.63) is 59.7 Å². The Kier molecular flexibility index (Phi) is 5.36. The highest BCUT2D eigenvalue weighted by molar-refractivity contribution is 7.13. The van der Waals surface area contributed by atoms with Crippen LogP contribution in [0.3, 0.4) is 0 Å². The Morgan fingerprint density at radius 1 is 0.900 bits per heavy atom. The third kappa shape index (κ3) is 3.89. The summed E-state index contributed by atoms with van der Waals surface area (Å²) in [7, 11) is 0. The summed E-state index contributed by atoms with van der Waals surface area (Å²) < 4.78 is 0. The van der Waals surface area contributed by atoms with Crippen LogP contribution in [0.25, 0.3) is 10.6 Å². The fourth-order valence-corrected chi connectivity index (χ4v) is 4.93. The lowest BCUT2D eigenvalue weighted by Crippen LogP contribution is -2.48. The summed E-state index contributed by atoms with van der Waals surface area (Å²) in [5, 5.41) is 2.76. The molecule has 0 N–H and O–H groups in total. The number of hydrogen-bond donors (Lipinski definition) is 0. The standard InChI is InChI=1S/C23H25N5OS/c29-23(28-14-12-26(13-15-28)19-6-2-1-3-7-19)20-17-30-22(25-20)18-8-9-24-21(16-18)27-10-4-5-11-27/h1-3,6-9,16-17H,4-5,10-15H2. The molecule has 2 aliphatic heterocycles. The van der Waals surface area contributed by atoms with Crippen molar-refractivity contribution in [1.82, 2.24) is 14.9 Å². The fraction of sp³-hybridized carbons (Fsp3) is 0.348. The van der Waals surface area contributed by atoms with Gasteiger partial charge in [-0.3, -0.25) is 4.79 Å². The summed E-state index contributed by atoms with van der Waals surface area (Å²) in [6.45, 7) is 5.25. The van der Waals surface area contributed by atoms with Crippen LogP contribution in [0.2, 0.25) is 0 Å². The van der Waals surface area contributed by atoms with E-state index >= 15 is 0 Å². The van der Waals surface area contributed by atoms with E-state index in [1.54, 1.807) is 0 Å². The summed E-state index contributed by atoms with van der Waals surface area (Å²) in [4.78, 5) is 28.7. The average molecular weight is 420 g/mol. The van der Waals surface area contributed by atoms with Gasteiger partial charge in [0, 0.05) is 62.1 Å². The molecule has 2 aliphatic rings. The van der Waals surface area contributed by atoms with Crippen LogP contribution < -0.4 is 9.80 Å². The van der Waals surface area contributed by atoms with E-state index in [4.69, 9.17) is 0 Å². The Labute approximate surface area is 180 Å². The van der Waals surface area contributed by atoms with E-state index in [1.165, 1.54) is 29.9 Å². The zero-order valence-corrected chi connectivity index (χ0v) is 17.7. The van der Waals surface area contributed by atoms with E-state index in [0.29, 0.717) is 5.69 Å². The number of pyridine rings is 1. The van der Waals surface area contributed by atoms with Crippen LogP contribution in [0.15, 0.2) is 54.0 Å². The van der Waals surface area contributed by atoms with Gasteiger partial charge >= 0.3 is 0 Å². The first-order valence-corrected chi connectivity index (χ1v) is 11.4. The molecule has 1 amide bonds. The summed E-state index contributed by atoms with van der Waals surface area (Å²) in [6, 6.07) is 14.4. The number of hydrogen-bond acceptors (Lipinski definition) is 6. The molecule has 0 radical (unpaired) electrons. The maximum absolute atomic E-state index is 13.0. The molecule has 0 bridgehead atoms. The van der Waals surface area contributed by atoms with Crippen LogP contribution in [0, 0.1) is 0 Å². The molecule has 0 aliphatic carbocycles. The van der Waals surface area contributed by atoms with Crippen LogP contribution in [-0.2, 0) is 0 Å². The molecule has 154 valence electrons. The molecule has 0 spiro atoms. The van der Waals surface area contributed by atoms with Crippen LogP contribution in [0.5, 0.6) is 0 Å². The highest BCUT2D eigenvalue weighted by Gasteiger charge is 2.24. The lowest BCUT2D eigenvalue weighted by molar-refractivity contribution is 0.0742. The normalized spacial score (nSPS) is 16.9. The Hall–Kier alpha value is -2.93. The summed E-state index contributed by atoms with van der Waals surface area (Å²) >= 11 is 1.53. The van der Waals surface area contributed by atoms with Crippen LogP contribution in [0.1, 0.15) is 23.3 Å². The minimum Gasteiger partial charge on any atom is -0.368 e. The van der Waals surface area contributed by atoms with Crippen molar-refractivity contribution in [2.75, 3.05) is 49.1 Å². The molecule has 4 heterocycles. The van der Waals surface area contributed by atoms with Gasteiger partial charge in [-0.25, -0.2) is 9.97 Å². The first-order chi connectivity index (χ1) is 14.8. The predicted molar refractivity (Wildman–Crippen MR) is 121 cm³/mol. The minimum atomic E-state index is 0.0269. The zero-order valence-electron chi connectivity index (χ0n) is 16.9. The van der Waals surface area contributed by atoms with Crippen molar-refractivity contribution in [1.29, 1.82) is 0 Å². The van der Waals surface area contributed by atoms with Gasteiger partial charge in [0.15, 0.2) is 0 Å². The number of thiazole rings is 1. The Morgan fingerprint density at radius 3 is 2.43 bits per heavy atom. The Bertz CT molecular complexity index is 1010. The van der Waals surface area contributed by atoms with E-state index in [0.717, 1.165) is 55.7 Å². The number of nitrogens with zero attached hydrogens (tertiary/aromatic N) is 5. The molecule has 3 aromatic rings. The number of para-hydroxylation sites is 1. The van der Waals surface area contributed by atoms with Gasteiger partial charge < -0.3 is 14.7 Å². The molecule has 0 unspecified atom stereocenters. The van der Waals surface area contributed by atoms with Gasteiger partial charge in [-0.2, -0.15) is 0 Å². The van der Waals surface area contributed by atoms with Gasteiger partial charge in [-0.05, 0) is 37.1 Å². The van der Waals surface area contributed by atoms with Gasteiger partial charge in [0.2, 0.25) is 0 Å². The quantitative estimate of drug-likeness (QED) is 0.644. The van der Waals surface area contributed by atoms with Crippen LogP contribution in [0.4, 0.5) is 11.5 Å². The van der Waals surface area contributed by atoms with Crippen molar-refractivity contribution in [3.8, 4) is 10.6 Å². The second-order valence-corrected chi connectivity index (χ2v) is 8.61. The number of anilines is 2. The molecule has 0 atom stereocenters. The second-order valence-electron chi connectivity index (χ2n) is 7.75. The molecule has 2 saturated heterocycles. The van der Waals surface area contributed by atoms with Gasteiger partial charge in [0.25, 0.3) is 5.91 Å². The number of benzene rings is 1. The van der Waals surface area contributed by atoms with Gasteiger partial charge in [-0.1, -0.05) is 18.2 Å². The third-order valence-electron chi connectivity index (χ3n) is 5.83. The van der Waals surface area contributed by atoms with Crippen molar-refractivity contribution in [2.45, 2.75) is 12.8 Å². The van der Waals surface area contributed by atoms with Gasteiger partial charge in [-0.15, -0.1) is 11.3 Å². The molecular formula is C23H25N5OS. The van der Waals surface area contributed by atoms with Crippen molar-refractivity contribution in [3.63, 3.8) is 0 Å². The molecule has 2 fully saturated rings. The molecule has 7 heteroatoms. The number of carbonyl (C=O) groups excluding carboxylic acids is 1. The minimum absolute atomic E-state index is 0.0269. The molecule has 6 nitrogen and oxygen atoms in total. The zero-order chi connectivity index (χ0) is 20.3. The number of amides is 1. The molecular weight excluding hydrogens is 394 g/mol. The van der Waals surface area contributed by atoms with E-state index in [2.05, 4.69) is 50.1 Å². The average Bonchev–Trinajstić information content (AvgIpc) is 3.52. The highest BCUT2D eigenvalue weighted by Crippen LogP contribution is 2.28. The summed E-state index contributed by atoms with van der Waals surface area (Å²) in [5.74, 6) is 1.03. The molecule has 5 rings (SSSR count). The van der Waals surface area contributed by atoms with Crippen LogP contribution >= 0.6 is 11.3 Å². The second kappa shape index (κ2) is 8.44. The van der Waals surface area contributed by atoms with Crippen molar-refractivity contribution >= 4 is 28.7 Å². The summed E-state index contributed by atoms with van der Waals surface area (Å²) in [6.07, 6.45) is 4.29. The number of aromatic nitrogens is 2. The van der Waals surface area contributed by atoms with E-state index < -0.39 is 0 Å². The highest BCUT2D eigenvalue weighted by atomic mass is 32.1. The molecule has 30 heavy (non-hydrogen) atoms. The fourth-order valence-electron chi connectivity index (χ4n) is 4.14. The molecule has 0 saturated carbocycles.